The number of methoxy groups -OCH3 is 1. The van der Waals surface area contributed by atoms with E-state index in [1.165, 1.54) is 4.90 Å². The van der Waals surface area contributed by atoms with Gasteiger partial charge in [-0.25, -0.2) is 4.79 Å². The summed E-state index contributed by atoms with van der Waals surface area (Å²) in [7, 11) is 3.25. The number of hydrogen-bond donors (Lipinski definition) is 2. The summed E-state index contributed by atoms with van der Waals surface area (Å²) in [5, 5.41) is 5.60. The summed E-state index contributed by atoms with van der Waals surface area (Å²) < 4.78 is 5.34. The van der Waals surface area contributed by atoms with E-state index in [0.29, 0.717) is 12.3 Å². The van der Waals surface area contributed by atoms with Gasteiger partial charge in [0, 0.05) is 31.6 Å². The zero-order chi connectivity index (χ0) is 18.7. The van der Waals surface area contributed by atoms with Gasteiger partial charge in [0.15, 0.2) is 0 Å². The van der Waals surface area contributed by atoms with E-state index < -0.39 is 12.1 Å². The number of rotatable bonds is 4. The number of benzene rings is 1. The fraction of sp³-hybridized carbons (Fsp3) is 0.333. The Bertz CT molecular complexity index is 867. The number of hydrogen-bond acceptors (Lipinski definition) is 5. The number of nitrogens with zero attached hydrogens (tertiary/aromatic N) is 2. The molecule has 3 rings (SSSR count). The number of fused-ring (bicyclic) bond motifs is 1. The Hall–Kier alpha value is -3.16. The van der Waals surface area contributed by atoms with Crippen molar-refractivity contribution in [2.24, 2.45) is 0 Å². The monoisotopic (exact) mass is 356 g/mol. The van der Waals surface area contributed by atoms with Crippen LogP contribution in [-0.2, 0) is 16.1 Å². The van der Waals surface area contributed by atoms with Crippen molar-refractivity contribution in [1.29, 1.82) is 0 Å². The van der Waals surface area contributed by atoms with E-state index in [0.717, 1.165) is 16.5 Å². The molecule has 2 heterocycles. The topological polar surface area (TPSA) is 101 Å². The van der Waals surface area contributed by atoms with Crippen molar-refractivity contribution in [3.63, 3.8) is 0 Å². The molecule has 0 radical (unpaired) electrons. The quantitative estimate of drug-likeness (QED) is 0.857. The maximum absolute atomic E-state index is 12.7. The average Bonchev–Trinajstić information content (AvgIpc) is 2.81. The molecule has 1 aliphatic rings. The first kappa shape index (κ1) is 17.7. The summed E-state index contributed by atoms with van der Waals surface area (Å²) in [5.41, 5.74) is 1.64. The third kappa shape index (κ3) is 3.58. The molecule has 2 N–H and O–H groups in total. The van der Waals surface area contributed by atoms with Gasteiger partial charge in [0.25, 0.3) is 0 Å². The highest BCUT2D eigenvalue weighted by Crippen LogP contribution is 2.27. The van der Waals surface area contributed by atoms with E-state index >= 15 is 0 Å². The van der Waals surface area contributed by atoms with Crippen LogP contribution in [0.1, 0.15) is 18.4 Å². The highest BCUT2D eigenvalue weighted by molar-refractivity contribution is 5.98. The molecule has 1 unspecified atom stereocenters. The molecular weight excluding hydrogens is 336 g/mol. The van der Waals surface area contributed by atoms with E-state index in [4.69, 9.17) is 4.74 Å². The highest BCUT2D eigenvalue weighted by Gasteiger charge is 2.28. The Labute approximate surface area is 150 Å². The normalized spacial score (nSPS) is 17.2. The maximum Gasteiger partial charge on any atom is 0.322 e. The molecule has 8 nitrogen and oxygen atoms in total. The lowest BCUT2D eigenvalue weighted by molar-refractivity contribution is -0.132. The first-order chi connectivity index (χ1) is 12.5. The Balaban J connectivity index is 1.80. The molecule has 8 heteroatoms. The molecule has 1 saturated heterocycles. The van der Waals surface area contributed by atoms with Crippen LogP contribution in [0.25, 0.3) is 10.9 Å². The fourth-order valence-electron chi connectivity index (χ4n) is 3.02. The molecule has 1 fully saturated rings. The molecular formula is C18H20N4O4. The zero-order valence-corrected chi connectivity index (χ0v) is 14.6. The van der Waals surface area contributed by atoms with Gasteiger partial charge in [0.05, 0.1) is 7.11 Å². The SMILES string of the molecule is COc1ccc(CN(C)C(=O)C2CCC(=O)NC(=O)N2)c2cccnc12. The molecule has 1 aliphatic heterocycles. The third-order valence-electron chi connectivity index (χ3n) is 4.34. The van der Waals surface area contributed by atoms with E-state index in [1.54, 1.807) is 20.4 Å². The van der Waals surface area contributed by atoms with Crippen molar-refractivity contribution in [1.82, 2.24) is 20.5 Å². The number of carbonyl (C=O) groups is 3. The number of carbonyl (C=O) groups excluding carboxylic acids is 3. The van der Waals surface area contributed by atoms with Crippen molar-refractivity contribution < 1.29 is 19.1 Å². The van der Waals surface area contributed by atoms with Crippen LogP contribution in [0.4, 0.5) is 4.79 Å². The second-order valence-corrected chi connectivity index (χ2v) is 6.13. The maximum atomic E-state index is 12.7. The van der Waals surface area contributed by atoms with Crippen LogP contribution in [-0.4, -0.2) is 47.9 Å². The molecule has 1 aromatic carbocycles. The highest BCUT2D eigenvalue weighted by atomic mass is 16.5. The third-order valence-corrected chi connectivity index (χ3v) is 4.34. The van der Waals surface area contributed by atoms with Crippen molar-refractivity contribution in [2.45, 2.75) is 25.4 Å². The van der Waals surface area contributed by atoms with E-state index in [9.17, 15) is 14.4 Å². The van der Waals surface area contributed by atoms with Crippen LogP contribution >= 0.6 is 0 Å². The number of pyridine rings is 1. The van der Waals surface area contributed by atoms with Gasteiger partial charge in [-0.05, 0) is 24.1 Å². The Morgan fingerprint density at radius 3 is 2.92 bits per heavy atom. The molecule has 26 heavy (non-hydrogen) atoms. The summed E-state index contributed by atoms with van der Waals surface area (Å²) >= 11 is 0. The first-order valence-corrected chi connectivity index (χ1v) is 8.25. The van der Waals surface area contributed by atoms with Gasteiger partial charge in [-0.15, -0.1) is 0 Å². The van der Waals surface area contributed by atoms with E-state index in [-0.39, 0.29) is 24.7 Å². The summed E-state index contributed by atoms with van der Waals surface area (Å²) in [6.45, 7) is 0.346. The van der Waals surface area contributed by atoms with Crippen molar-refractivity contribution in [2.75, 3.05) is 14.2 Å². The predicted molar refractivity (Wildman–Crippen MR) is 94.5 cm³/mol. The van der Waals surface area contributed by atoms with E-state index in [1.807, 2.05) is 24.3 Å². The van der Waals surface area contributed by atoms with Crippen LogP contribution in [0.15, 0.2) is 30.5 Å². The average molecular weight is 356 g/mol. The smallest absolute Gasteiger partial charge is 0.322 e. The predicted octanol–water partition coefficient (Wildman–Crippen LogP) is 1.19. The van der Waals surface area contributed by atoms with Gasteiger partial charge in [0.2, 0.25) is 11.8 Å². The molecule has 2 aromatic rings. The first-order valence-electron chi connectivity index (χ1n) is 8.25. The number of urea groups is 1. The zero-order valence-electron chi connectivity index (χ0n) is 14.6. The Morgan fingerprint density at radius 1 is 1.35 bits per heavy atom. The molecule has 0 aliphatic carbocycles. The second-order valence-electron chi connectivity index (χ2n) is 6.13. The standard InChI is InChI=1S/C18H20N4O4/c1-22(17(24)13-6-8-15(23)21-18(25)20-13)10-11-5-7-14(26-2)16-12(11)4-3-9-19-16/h3-5,7,9,13H,6,8,10H2,1-2H3,(H2,20,21,23,25). The molecule has 1 aromatic heterocycles. The minimum Gasteiger partial charge on any atom is -0.494 e. The van der Waals surface area contributed by atoms with Crippen molar-refractivity contribution in [3.05, 3.63) is 36.0 Å². The lowest BCUT2D eigenvalue weighted by Gasteiger charge is -2.23. The molecule has 0 bridgehead atoms. The molecule has 0 saturated carbocycles. The minimum atomic E-state index is -0.728. The molecule has 4 amide bonds. The van der Waals surface area contributed by atoms with Gasteiger partial charge in [-0.1, -0.05) is 12.1 Å². The lowest BCUT2D eigenvalue weighted by Crippen LogP contribution is -2.48. The Morgan fingerprint density at radius 2 is 2.15 bits per heavy atom. The van der Waals surface area contributed by atoms with Gasteiger partial charge in [-0.3, -0.25) is 19.9 Å². The summed E-state index contributed by atoms with van der Waals surface area (Å²) in [6, 6.07) is 6.10. The van der Waals surface area contributed by atoms with Gasteiger partial charge < -0.3 is 15.0 Å². The molecule has 0 spiro atoms. The van der Waals surface area contributed by atoms with Crippen LogP contribution in [0.3, 0.4) is 0 Å². The van der Waals surface area contributed by atoms with Gasteiger partial charge >= 0.3 is 6.03 Å². The van der Waals surface area contributed by atoms with Crippen LogP contribution in [0, 0.1) is 0 Å². The van der Waals surface area contributed by atoms with Crippen molar-refractivity contribution >= 4 is 28.7 Å². The number of aromatic nitrogens is 1. The Kier molecular flexibility index (Phi) is 5.01. The molecule has 136 valence electrons. The molecule has 1 atom stereocenters. The summed E-state index contributed by atoms with van der Waals surface area (Å²) in [6.07, 6.45) is 2.08. The summed E-state index contributed by atoms with van der Waals surface area (Å²) in [4.78, 5) is 41.6. The fourth-order valence-corrected chi connectivity index (χ4v) is 3.02. The van der Waals surface area contributed by atoms with Crippen LogP contribution in [0.2, 0.25) is 0 Å². The van der Waals surface area contributed by atoms with Crippen LogP contribution in [0.5, 0.6) is 5.75 Å². The van der Waals surface area contributed by atoms with E-state index in [2.05, 4.69) is 15.6 Å². The minimum absolute atomic E-state index is 0.123. The van der Waals surface area contributed by atoms with Gasteiger partial charge in [0.1, 0.15) is 17.3 Å². The number of likely N-dealkylation sites (N-methyl/N-ethyl adjacent to an activating group) is 1. The largest absolute Gasteiger partial charge is 0.494 e. The number of ether oxygens (including phenoxy) is 1. The lowest BCUT2D eigenvalue weighted by atomic mass is 10.1. The number of imide groups is 1. The van der Waals surface area contributed by atoms with Crippen LogP contribution < -0.4 is 15.4 Å². The summed E-state index contributed by atoms with van der Waals surface area (Å²) in [5.74, 6) is 0.0364. The van der Waals surface area contributed by atoms with Gasteiger partial charge in [-0.2, -0.15) is 0 Å². The number of nitrogens with one attached hydrogen (secondary N) is 2. The second kappa shape index (κ2) is 7.38. The van der Waals surface area contributed by atoms with Crippen molar-refractivity contribution in [3.8, 4) is 5.75 Å². The number of amides is 4.